The Balaban J connectivity index is 3.26. The molecule has 0 aliphatic heterocycles. The van der Waals surface area contributed by atoms with Gasteiger partial charge < -0.3 is 5.73 Å². The average Bonchev–Trinajstić information content (AvgIpc) is 2.34. The normalized spacial score (nSPS) is 13.4. The Kier molecular flexibility index (Phi) is 5.57. The molecule has 0 saturated carbocycles. The summed E-state index contributed by atoms with van der Waals surface area (Å²) in [7, 11) is -3.61. The van der Waals surface area contributed by atoms with Crippen molar-refractivity contribution in [3.05, 3.63) is 29.3 Å². The van der Waals surface area contributed by atoms with Crippen molar-refractivity contribution in [1.82, 2.24) is 4.72 Å². The molecule has 0 aromatic heterocycles. The highest BCUT2D eigenvalue weighted by Gasteiger charge is 2.27. The molecule has 1 aromatic carbocycles. The van der Waals surface area contributed by atoms with Crippen molar-refractivity contribution in [1.29, 1.82) is 0 Å². The first-order valence-corrected chi connectivity index (χ1v) is 8.38. The van der Waals surface area contributed by atoms with Crippen LogP contribution in [0.3, 0.4) is 0 Å². The smallest absolute Gasteiger partial charge is 0.242 e. The van der Waals surface area contributed by atoms with E-state index in [1.165, 1.54) is 0 Å². The first-order chi connectivity index (χ1) is 9.58. The van der Waals surface area contributed by atoms with E-state index in [9.17, 15) is 8.42 Å². The Morgan fingerprint density at radius 3 is 2.48 bits per heavy atom. The van der Waals surface area contributed by atoms with E-state index in [0.717, 1.165) is 5.56 Å². The maximum atomic E-state index is 12.6. The zero-order valence-corrected chi connectivity index (χ0v) is 14.1. The molecular formula is C16H24N2O2S. The van der Waals surface area contributed by atoms with Crippen LogP contribution in [-0.4, -0.2) is 21.0 Å². The lowest BCUT2D eigenvalue weighted by atomic mass is 9.89. The maximum Gasteiger partial charge on any atom is 0.242 e. The molecular weight excluding hydrogens is 284 g/mol. The zero-order chi connectivity index (χ0) is 16.3. The van der Waals surface area contributed by atoms with Gasteiger partial charge in [-0.2, -0.15) is 0 Å². The molecule has 3 N–H and O–H groups in total. The molecule has 1 unspecified atom stereocenters. The predicted molar refractivity (Wildman–Crippen MR) is 86.3 cm³/mol. The molecule has 0 aliphatic rings. The van der Waals surface area contributed by atoms with E-state index in [2.05, 4.69) is 16.6 Å². The van der Waals surface area contributed by atoms with Gasteiger partial charge in [0.1, 0.15) is 0 Å². The monoisotopic (exact) mass is 308 g/mol. The largest absolute Gasteiger partial charge is 0.320 e. The fourth-order valence-electron chi connectivity index (χ4n) is 1.60. The molecule has 116 valence electrons. The molecule has 0 radical (unpaired) electrons. The van der Waals surface area contributed by atoms with Crippen LogP contribution in [0.4, 0.5) is 0 Å². The van der Waals surface area contributed by atoms with Crippen molar-refractivity contribution < 1.29 is 8.42 Å². The van der Waals surface area contributed by atoms with Gasteiger partial charge in [0.15, 0.2) is 0 Å². The molecule has 0 amide bonds. The number of benzene rings is 1. The van der Waals surface area contributed by atoms with Gasteiger partial charge in [-0.15, -0.1) is 0 Å². The number of nitrogens with one attached hydrogen (secondary N) is 1. The van der Waals surface area contributed by atoms with Crippen molar-refractivity contribution in [2.24, 2.45) is 11.1 Å². The summed E-state index contributed by atoms with van der Waals surface area (Å²) < 4.78 is 27.9. The highest BCUT2D eigenvalue weighted by Crippen LogP contribution is 2.22. The highest BCUT2D eigenvalue weighted by molar-refractivity contribution is 7.89. The molecule has 0 heterocycles. The summed E-state index contributed by atoms with van der Waals surface area (Å²) in [5.74, 6) is 5.55. The Morgan fingerprint density at radius 2 is 1.95 bits per heavy atom. The van der Waals surface area contributed by atoms with Crippen molar-refractivity contribution in [2.45, 2.75) is 45.6 Å². The van der Waals surface area contributed by atoms with E-state index in [4.69, 9.17) is 5.73 Å². The Labute approximate surface area is 128 Å². The second-order valence-electron chi connectivity index (χ2n) is 6.21. The summed E-state index contributed by atoms with van der Waals surface area (Å²) in [6.07, 6.45) is 0. The van der Waals surface area contributed by atoms with Crippen LogP contribution in [0.15, 0.2) is 23.1 Å². The maximum absolute atomic E-state index is 12.6. The van der Waals surface area contributed by atoms with Crippen molar-refractivity contribution >= 4 is 10.0 Å². The van der Waals surface area contributed by atoms with Crippen LogP contribution in [0.25, 0.3) is 0 Å². The Bertz CT molecular complexity index is 662. The molecule has 0 bridgehead atoms. The Morgan fingerprint density at radius 1 is 1.33 bits per heavy atom. The second-order valence-corrected chi connectivity index (χ2v) is 7.90. The third kappa shape index (κ3) is 4.85. The molecule has 0 aliphatic carbocycles. The van der Waals surface area contributed by atoms with E-state index in [1.54, 1.807) is 18.2 Å². The van der Waals surface area contributed by atoms with Crippen LogP contribution in [0.5, 0.6) is 0 Å². The SMILES string of the molecule is Cc1ccc(S(=O)(=O)NC(C)C(C)(C)C)c(C#CCN)c1. The van der Waals surface area contributed by atoms with E-state index in [0.29, 0.717) is 5.56 Å². The number of hydrogen-bond acceptors (Lipinski definition) is 3. The van der Waals surface area contributed by atoms with Gasteiger partial charge in [-0.3, -0.25) is 0 Å². The molecule has 21 heavy (non-hydrogen) atoms. The average molecular weight is 308 g/mol. The fourth-order valence-corrected chi connectivity index (χ4v) is 3.19. The second kappa shape index (κ2) is 6.61. The van der Waals surface area contributed by atoms with Crippen LogP contribution in [0.2, 0.25) is 0 Å². The number of sulfonamides is 1. The molecule has 0 saturated heterocycles. The summed E-state index contributed by atoms with van der Waals surface area (Å²) in [5.41, 5.74) is 6.65. The number of hydrogen-bond donors (Lipinski definition) is 2. The lowest BCUT2D eigenvalue weighted by Gasteiger charge is -2.28. The lowest BCUT2D eigenvalue weighted by molar-refractivity contribution is 0.317. The molecule has 1 atom stereocenters. The first kappa shape index (κ1) is 17.7. The minimum atomic E-state index is -3.61. The molecule has 0 fully saturated rings. The van der Waals surface area contributed by atoms with Crippen molar-refractivity contribution in [2.75, 3.05) is 6.54 Å². The molecule has 5 heteroatoms. The van der Waals surface area contributed by atoms with Gasteiger partial charge in [-0.1, -0.05) is 38.7 Å². The summed E-state index contributed by atoms with van der Waals surface area (Å²) in [5, 5.41) is 0. The summed E-state index contributed by atoms with van der Waals surface area (Å²) in [6, 6.07) is 4.93. The number of rotatable bonds is 3. The molecule has 1 rings (SSSR count). The quantitative estimate of drug-likeness (QED) is 0.839. The van der Waals surface area contributed by atoms with Gasteiger partial charge in [-0.25, -0.2) is 13.1 Å². The van der Waals surface area contributed by atoms with Crippen molar-refractivity contribution in [3.63, 3.8) is 0 Å². The number of aryl methyl sites for hydroxylation is 1. The third-order valence-corrected chi connectivity index (χ3v) is 4.98. The fraction of sp³-hybridized carbons (Fsp3) is 0.500. The first-order valence-electron chi connectivity index (χ1n) is 6.90. The molecule has 4 nitrogen and oxygen atoms in total. The lowest BCUT2D eigenvalue weighted by Crippen LogP contribution is -2.41. The van der Waals surface area contributed by atoms with Gasteiger partial charge >= 0.3 is 0 Å². The minimum Gasteiger partial charge on any atom is -0.320 e. The van der Waals surface area contributed by atoms with Crippen LogP contribution in [-0.2, 0) is 10.0 Å². The summed E-state index contributed by atoms with van der Waals surface area (Å²) in [6.45, 7) is 9.92. The van der Waals surface area contributed by atoms with Gasteiger partial charge in [0.05, 0.1) is 11.4 Å². The minimum absolute atomic E-state index is 0.166. The zero-order valence-electron chi connectivity index (χ0n) is 13.3. The predicted octanol–water partition coefficient (Wildman–Crippen LogP) is 2.02. The van der Waals surface area contributed by atoms with E-state index in [-0.39, 0.29) is 22.9 Å². The summed E-state index contributed by atoms with van der Waals surface area (Å²) >= 11 is 0. The van der Waals surface area contributed by atoms with Crippen LogP contribution >= 0.6 is 0 Å². The van der Waals surface area contributed by atoms with Crippen LogP contribution in [0, 0.1) is 24.2 Å². The van der Waals surface area contributed by atoms with Crippen LogP contribution in [0.1, 0.15) is 38.8 Å². The van der Waals surface area contributed by atoms with Crippen LogP contribution < -0.4 is 10.5 Å². The van der Waals surface area contributed by atoms with E-state index < -0.39 is 10.0 Å². The number of nitrogens with two attached hydrogens (primary N) is 1. The third-order valence-electron chi connectivity index (χ3n) is 3.38. The molecule has 1 aromatic rings. The van der Waals surface area contributed by atoms with Gasteiger partial charge in [0.2, 0.25) is 10.0 Å². The molecule has 0 spiro atoms. The Hall–Kier alpha value is -1.35. The van der Waals surface area contributed by atoms with Crippen molar-refractivity contribution in [3.8, 4) is 11.8 Å². The van der Waals surface area contributed by atoms with E-state index in [1.807, 2.05) is 34.6 Å². The van der Waals surface area contributed by atoms with Gasteiger partial charge in [0.25, 0.3) is 0 Å². The highest BCUT2D eigenvalue weighted by atomic mass is 32.2. The van der Waals surface area contributed by atoms with E-state index >= 15 is 0 Å². The summed E-state index contributed by atoms with van der Waals surface area (Å²) in [4.78, 5) is 0.199. The standard InChI is InChI=1S/C16H24N2O2S/c1-12-8-9-15(14(11-12)7-6-10-17)21(19,20)18-13(2)16(3,4)5/h8-9,11,13,18H,10,17H2,1-5H3. The van der Waals surface area contributed by atoms with Gasteiger partial charge in [0, 0.05) is 11.6 Å². The van der Waals surface area contributed by atoms with Gasteiger partial charge in [-0.05, 0) is 37.0 Å². The topological polar surface area (TPSA) is 72.2 Å².